The minimum atomic E-state index is -4.79. The molecule has 0 saturated carbocycles. The van der Waals surface area contributed by atoms with Crippen LogP contribution in [0.1, 0.15) is 123 Å². The van der Waals surface area contributed by atoms with Crippen molar-refractivity contribution >= 4 is 56.7 Å². The molecule has 0 N–H and O–H groups in total. The van der Waals surface area contributed by atoms with Crippen molar-refractivity contribution in [2.75, 3.05) is 39.3 Å². The van der Waals surface area contributed by atoms with Gasteiger partial charge in [0.25, 0.3) is 0 Å². The molecule has 0 fully saturated rings. The van der Waals surface area contributed by atoms with Crippen LogP contribution in [-0.2, 0) is 28.6 Å². The predicted octanol–water partition coefficient (Wildman–Crippen LogP) is 6.27. The van der Waals surface area contributed by atoms with Gasteiger partial charge in [0.05, 0.1) is 0 Å². The second-order valence-electron chi connectivity index (χ2n) is 11.8. The summed E-state index contributed by atoms with van der Waals surface area (Å²) in [6.45, 7) is 38.5. The van der Waals surface area contributed by atoms with Gasteiger partial charge in [0.1, 0.15) is 0 Å². The van der Waals surface area contributed by atoms with Gasteiger partial charge in [-0.15, -0.1) is 0 Å². The van der Waals surface area contributed by atoms with Crippen molar-refractivity contribution in [3.8, 4) is 0 Å². The van der Waals surface area contributed by atoms with Crippen LogP contribution in [0.15, 0.2) is 0 Å². The Balaban J connectivity index is 0. The molecular formula is C29H63N3O7Sn2. The Labute approximate surface area is 262 Å². The van der Waals surface area contributed by atoms with Crippen LogP contribution in [0.5, 0.6) is 0 Å². The van der Waals surface area contributed by atoms with E-state index in [9.17, 15) is 14.4 Å². The van der Waals surface area contributed by atoms with E-state index < -0.39 is 60.2 Å². The second-order valence-corrected chi connectivity index (χ2v) is 34.2. The Bertz CT molecular complexity index is 724. The summed E-state index contributed by atoms with van der Waals surface area (Å²) < 4.78 is 24.0. The fourth-order valence-corrected chi connectivity index (χ4v) is 30.1. The van der Waals surface area contributed by atoms with Crippen molar-refractivity contribution in [3.63, 3.8) is 0 Å². The van der Waals surface area contributed by atoms with Crippen molar-refractivity contribution < 1.29 is 28.6 Å². The third kappa shape index (κ3) is 11.7. The first-order valence-corrected chi connectivity index (χ1v) is 25.7. The van der Waals surface area contributed by atoms with Crippen LogP contribution >= 0.6 is 0 Å². The molecule has 0 amide bonds. The Kier molecular flexibility index (Phi) is 21.0. The van der Waals surface area contributed by atoms with Gasteiger partial charge in [-0.25, -0.2) is 0 Å². The standard InChI is InChI=1S/3C4H10N.2C4H9.C3H6O3.2C3H6O2.2Sn/c3*1-3-5-4-2;2*1-4(2)3;1-2-3(4)6-5;2*1-2-3(4)5;;/h3*3-4H2,1-2H3;2*1-3H3;5H,2H2,1H3;2*2H2,1H3,(H,4,5);;/q3*-1;;;;;;2*+3/p-3. The Hall–Kier alpha value is -0.153. The van der Waals surface area contributed by atoms with E-state index in [1.807, 2.05) is 0 Å². The number of carbonyl (C=O) groups is 3. The van der Waals surface area contributed by atoms with E-state index in [2.05, 4.69) is 76.6 Å². The average molecular weight is 803 g/mol. The zero-order valence-electron chi connectivity index (χ0n) is 29.1. The molecule has 0 aliphatic heterocycles. The molecule has 0 bridgehead atoms. The summed E-state index contributed by atoms with van der Waals surface area (Å²) in [5, 5.41) is 0. The van der Waals surface area contributed by atoms with Gasteiger partial charge in [-0.3, -0.25) is 0 Å². The Morgan fingerprint density at radius 1 is 0.512 bits per heavy atom. The zero-order valence-corrected chi connectivity index (χ0v) is 34.8. The van der Waals surface area contributed by atoms with Crippen molar-refractivity contribution in [2.45, 2.75) is 130 Å². The first kappa shape index (κ1) is 43.0. The summed E-state index contributed by atoms with van der Waals surface area (Å²) in [5.41, 5.74) is 0. The van der Waals surface area contributed by atoms with E-state index in [1.165, 1.54) is 39.3 Å². The molecule has 0 aliphatic rings. The van der Waals surface area contributed by atoms with Crippen LogP contribution in [0.3, 0.4) is 0 Å². The van der Waals surface area contributed by atoms with Crippen LogP contribution in [0.4, 0.5) is 0 Å². The SMILES string of the molecule is CCC(=O)O[O][Sn]([O]C(=O)CC)([O]C(=O)CC)[C](C)(C)C.CC[N](CC)[Sn]([N](CC)CC)([N](CC)CC)[C](C)(C)C. The summed E-state index contributed by atoms with van der Waals surface area (Å²) in [7, 11) is 0. The first-order valence-electron chi connectivity index (χ1n) is 15.5. The van der Waals surface area contributed by atoms with E-state index in [-0.39, 0.29) is 19.3 Å². The van der Waals surface area contributed by atoms with Crippen molar-refractivity contribution in [1.82, 2.24) is 9.36 Å². The van der Waals surface area contributed by atoms with Gasteiger partial charge in [0.15, 0.2) is 0 Å². The predicted molar refractivity (Wildman–Crippen MR) is 170 cm³/mol. The molecule has 0 atom stereocenters. The van der Waals surface area contributed by atoms with Crippen LogP contribution in [0, 0.1) is 0 Å². The number of hydrogen-bond acceptors (Lipinski definition) is 10. The Morgan fingerprint density at radius 2 is 0.805 bits per heavy atom. The van der Waals surface area contributed by atoms with Crippen LogP contribution in [-0.4, -0.2) is 105 Å². The van der Waals surface area contributed by atoms with E-state index in [0.717, 1.165) is 0 Å². The van der Waals surface area contributed by atoms with Gasteiger partial charge >= 0.3 is 264 Å². The zero-order chi connectivity index (χ0) is 32.7. The molecule has 0 aromatic carbocycles. The number of hydrogen-bond donors (Lipinski definition) is 0. The minimum absolute atomic E-state index is 0.0928. The quantitative estimate of drug-likeness (QED) is 0.101. The molecule has 41 heavy (non-hydrogen) atoms. The molecule has 0 aromatic heterocycles. The van der Waals surface area contributed by atoms with Crippen LogP contribution in [0.2, 0.25) is 6.86 Å². The molecule has 0 radical (unpaired) electrons. The van der Waals surface area contributed by atoms with Gasteiger partial charge in [0, 0.05) is 0 Å². The van der Waals surface area contributed by atoms with Gasteiger partial charge in [0.2, 0.25) is 0 Å². The van der Waals surface area contributed by atoms with E-state index in [4.69, 9.17) is 9.37 Å². The first-order chi connectivity index (χ1) is 18.9. The van der Waals surface area contributed by atoms with Gasteiger partial charge in [-0.1, -0.05) is 0 Å². The average Bonchev–Trinajstić information content (AvgIpc) is 2.91. The fraction of sp³-hybridized carbons (Fsp3) is 0.897. The molecule has 0 aromatic rings. The molecule has 0 heterocycles. The van der Waals surface area contributed by atoms with Gasteiger partial charge in [-0.2, -0.15) is 0 Å². The normalized spacial score (nSPS) is 12.7. The molecule has 244 valence electrons. The molecule has 10 nitrogen and oxygen atoms in total. The summed E-state index contributed by atoms with van der Waals surface area (Å²) in [6, 6.07) is 0. The third-order valence-electron chi connectivity index (χ3n) is 7.14. The molecule has 12 heteroatoms. The van der Waals surface area contributed by atoms with Crippen LogP contribution in [0.25, 0.3) is 0 Å². The topological polar surface area (TPSA) is 97.8 Å². The summed E-state index contributed by atoms with van der Waals surface area (Å²) in [5.74, 6) is -1.74. The Morgan fingerprint density at radius 3 is 1.00 bits per heavy atom. The van der Waals surface area contributed by atoms with Crippen molar-refractivity contribution in [3.05, 3.63) is 0 Å². The van der Waals surface area contributed by atoms with Crippen molar-refractivity contribution in [1.29, 1.82) is 0 Å². The van der Waals surface area contributed by atoms with E-state index >= 15 is 0 Å². The second kappa shape index (κ2) is 20.0. The number of nitrogens with zero attached hydrogens (tertiary/aromatic N) is 3. The van der Waals surface area contributed by atoms with E-state index in [0.29, 0.717) is 3.43 Å². The van der Waals surface area contributed by atoms with E-state index in [1.54, 1.807) is 41.5 Å². The number of carbonyl (C=O) groups excluding carboxylic acids is 3. The van der Waals surface area contributed by atoms with Gasteiger partial charge in [-0.05, 0) is 0 Å². The maximum atomic E-state index is 11.7. The molecule has 0 aliphatic carbocycles. The summed E-state index contributed by atoms with van der Waals surface area (Å²) in [6.07, 6.45) is 0.294. The molecule has 0 saturated heterocycles. The third-order valence-corrected chi connectivity index (χ3v) is 34.8. The van der Waals surface area contributed by atoms with Crippen LogP contribution < -0.4 is 0 Å². The molecule has 0 unspecified atom stereocenters. The maximum absolute atomic E-state index is 11.7. The monoisotopic (exact) mass is 805 g/mol. The van der Waals surface area contributed by atoms with Crippen molar-refractivity contribution in [2.24, 2.45) is 0 Å². The summed E-state index contributed by atoms with van der Waals surface area (Å²) in [4.78, 5) is 39.3. The summed E-state index contributed by atoms with van der Waals surface area (Å²) >= 11 is -7.63. The molecular weight excluding hydrogens is 740 g/mol. The number of rotatable bonds is 16. The fourth-order valence-electron chi connectivity index (χ4n) is 5.11. The molecule has 0 rings (SSSR count). The molecule has 0 spiro atoms. The van der Waals surface area contributed by atoms with Gasteiger partial charge < -0.3 is 0 Å².